The van der Waals surface area contributed by atoms with Crippen molar-refractivity contribution < 1.29 is 14.3 Å². The van der Waals surface area contributed by atoms with Crippen molar-refractivity contribution in [3.8, 4) is 5.75 Å². The molecule has 0 radical (unpaired) electrons. The van der Waals surface area contributed by atoms with E-state index in [1.165, 1.54) is 0 Å². The van der Waals surface area contributed by atoms with Crippen LogP contribution in [0.2, 0.25) is 0 Å². The van der Waals surface area contributed by atoms with Gasteiger partial charge in [-0.05, 0) is 43.7 Å². The van der Waals surface area contributed by atoms with Gasteiger partial charge in [-0.15, -0.1) is 0 Å². The molecule has 0 atom stereocenters. The van der Waals surface area contributed by atoms with Crippen LogP contribution in [0.4, 0.5) is 0 Å². The van der Waals surface area contributed by atoms with Gasteiger partial charge in [0.15, 0.2) is 0 Å². The maximum absolute atomic E-state index is 12.4. The third-order valence-corrected chi connectivity index (χ3v) is 3.88. The number of nitrogens with zero attached hydrogens (tertiary/aromatic N) is 2. The fourth-order valence-corrected chi connectivity index (χ4v) is 2.59. The molecule has 0 bridgehead atoms. The molecule has 0 aliphatic heterocycles. The molecule has 7 heteroatoms. The van der Waals surface area contributed by atoms with Gasteiger partial charge >= 0.3 is 0 Å². The molecule has 0 saturated carbocycles. The number of benzene rings is 1. The zero-order valence-electron chi connectivity index (χ0n) is 14.2. The molecule has 0 aliphatic carbocycles. The minimum Gasteiger partial charge on any atom is -0.496 e. The van der Waals surface area contributed by atoms with Crippen molar-refractivity contribution in [1.29, 1.82) is 0 Å². The van der Waals surface area contributed by atoms with Gasteiger partial charge in [-0.3, -0.25) is 24.8 Å². The first-order chi connectivity index (χ1) is 12.0. The number of nitrogens with one attached hydrogen (secondary N) is 2. The predicted molar refractivity (Wildman–Crippen MR) is 92.6 cm³/mol. The average Bonchev–Trinajstić information content (AvgIpc) is 2.95. The highest BCUT2D eigenvalue weighted by Crippen LogP contribution is 2.18. The number of aromatic nitrogens is 2. The Morgan fingerprint density at radius 2 is 1.84 bits per heavy atom. The molecule has 2 N–H and O–H groups in total. The third kappa shape index (κ3) is 3.16. The first kappa shape index (κ1) is 16.5. The van der Waals surface area contributed by atoms with Crippen LogP contribution in [0.3, 0.4) is 0 Å². The first-order valence-corrected chi connectivity index (χ1v) is 7.70. The Bertz CT molecular complexity index is 962. The molecular weight excluding hydrogens is 320 g/mol. The molecule has 3 rings (SSSR count). The van der Waals surface area contributed by atoms with Crippen LogP contribution in [0.1, 0.15) is 32.1 Å². The van der Waals surface area contributed by atoms with Gasteiger partial charge in [0.1, 0.15) is 17.1 Å². The second-order valence-electron chi connectivity index (χ2n) is 5.57. The van der Waals surface area contributed by atoms with Gasteiger partial charge in [0, 0.05) is 11.8 Å². The lowest BCUT2D eigenvalue weighted by molar-refractivity contribution is 0.0843. The maximum Gasteiger partial charge on any atom is 0.288 e. The quantitative estimate of drug-likeness (QED) is 0.716. The number of fused-ring (bicyclic) bond motifs is 1. The molecule has 0 fully saturated rings. The van der Waals surface area contributed by atoms with Gasteiger partial charge in [0.05, 0.1) is 12.8 Å². The summed E-state index contributed by atoms with van der Waals surface area (Å²) in [7, 11) is 1.54. The number of methoxy groups -OCH3 is 1. The third-order valence-electron chi connectivity index (χ3n) is 3.88. The average molecular weight is 338 g/mol. The van der Waals surface area contributed by atoms with E-state index in [4.69, 9.17) is 4.74 Å². The van der Waals surface area contributed by atoms with E-state index < -0.39 is 11.8 Å². The molecule has 1 aromatic carbocycles. The summed E-state index contributed by atoms with van der Waals surface area (Å²) in [5.74, 6) is -0.265. The van der Waals surface area contributed by atoms with Crippen LogP contribution in [0, 0.1) is 13.8 Å². The van der Waals surface area contributed by atoms with E-state index in [1.54, 1.807) is 48.9 Å². The molecule has 0 spiro atoms. The van der Waals surface area contributed by atoms with E-state index in [2.05, 4.69) is 15.8 Å². The van der Waals surface area contributed by atoms with Crippen molar-refractivity contribution in [2.45, 2.75) is 13.8 Å². The molecule has 2 aromatic heterocycles. The van der Waals surface area contributed by atoms with E-state index in [0.29, 0.717) is 28.3 Å². The molecule has 0 saturated heterocycles. The lowest BCUT2D eigenvalue weighted by Crippen LogP contribution is -2.42. The molecule has 25 heavy (non-hydrogen) atoms. The molecule has 0 aliphatic rings. The van der Waals surface area contributed by atoms with Crippen LogP contribution in [-0.4, -0.2) is 28.3 Å². The number of hydrogen-bond acceptors (Lipinski definition) is 4. The molecule has 2 heterocycles. The Kier molecular flexibility index (Phi) is 4.38. The monoisotopic (exact) mass is 338 g/mol. The summed E-state index contributed by atoms with van der Waals surface area (Å²) in [6, 6.07) is 10.5. The van der Waals surface area contributed by atoms with E-state index in [0.717, 1.165) is 5.56 Å². The van der Waals surface area contributed by atoms with E-state index in [9.17, 15) is 9.59 Å². The van der Waals surface area contributed by atoms with Crippen molar-refractivity contribution in [3.05, 3.63) is 65.1 Å². The van der Waals surface area contributed by atoms with Crippen LogP contribution >= 0.6 is 0 Å². The maximum atomic E-state index is 12.4. The number of aryl methyl sites for hydroxylation is 2. The van der Waals surface area contributed by atoms with Crippen LogP contribution in [-0.2, 0) is 0 Å². The standard InChI is InChI=1S/C18H18N4O3/c1-11-7-8-13(10-14(11)25-3)17(23)20-21-18(24)16-12(2)19-15-6-4-5-9-22(15)16/h4-10H,1-3H3,(H,20,23)(H,21,24). The number of imidazole rings is 1. The topological polar surface area (TPSA) is 84.7 Å². The van der Waals surface area contributed by atoms with E-state index >= 15 is 0 Å². The summed E-state index contributed by atoms with van der Waals surface area (Å²) in [5, 5.41) is 0. The molecule has 3 aromatic rings. The number of hydrazine groups is 1. The van der Waals surface area contributed by atoms with Gasteiger partial charge < -0.3 is 4.74 Å². The van der Waals surface area contributed by atoms with Gasteiger partial charge in [0.2, 0.25) is 0 Å². The summed E-state index contributed by atoms with van der Waals surface area (Å²) < 4.78 is 6.88. The number of ether oxygens (including phenoxy) is 1. The lowest BCUT2D eigenvalue weighted by atomic mass is 10.1. The van der Waals surface area contributed by atoms with Crippen LogP contribution in [0.15, 0.2) is 42.6 Å². The highest BCUT2D eigenvalue weighted by atomic mass is 16.5. The Morgan fingerprint density at radius 1 is 1.08 bits per heavy atom. The summed E-state index contributed by atoms with van der Waals surface area (Å²) in [4.78, 5) is 29.0. The van der Waals surface area contributed by atoms with Gasteiger partial charge in [-0.1, -0.05) is 12.1 Å². The largest absolute Gasteiger partial charge is 0.496 e. The lowest BCUT2D eigenvalue weighted by Gasteiger charge is -2.10. The summed E-state index contributed by atoms with van der Waals surface area (Å²) in [5.41, 5.74) is 7.77. The second kappa shape index (κ2) is 6.64. The van der Waals surface area contributed by atoms with Gasteiger partial charge in [-0.2, -0.15) is 0 Å². The first-order valence-electron chi connectivity index (χ1n) is 7.70. The summed E-state index contributed by atoms with van der Waals surface area (Å²) >= 11 is 0. The summed E-state index contributed by atoms with van der Waals surface area (Å²) in [6.45, 7) is 3.63. The molecule has 0 unspecified atom stereocenters. The van der Waals surface area contributed by atoms with Crippen molar-refractivity contribution in [3.63, 3.8) is 0 Å². The number of carbonyl (C=O) groups is 2. The molecule has 2 amide bonds. The van der Waals surface area contributed by atoms with Crippen molar-refractivity contribution in [1.82, 2.24) is 20.2 Å². The zero-order valence-corrected chi connectivity index (χ0v) is 14.2. The Labute approximate surface area is 144 Å². The van der Waals surface area contributed by atoms with Crippen LogP contribution in [0.25, 0.3) is 5.65 Å². The Morgan fingerprint density at radius 3 is 2.60 bits per heavy atom. The van der Waals surface area contributed by atoms with Crippen LogP contribution < -0.4 is 15.6 Å². The number of rotatable bonds is 3. The van der Waals surface area contributed by atoms with Crippen molar-refractivity contribution >= 4 is 17.5 Å². The van der Waals surface area contributed by atoms with Crippen molar-refractivity contribution in [2.75, 3.05) is 7.11 Å². The van der Waals surface area contributed by atoms with Gasteiger partial charge in [-0.25, -0.2) is 4.98 Å². The number of amides is 2. The number of pyridine rings is 1. The molecular formula is C18H18N4O3. The van der Waals surface area contributed by atoms with E-state index in [-0.39, 0.29) is 0 Å². The fraction of sp³-hybridized carbons (Fsp3) is 0.167. The Hall–Kier alpha value is -3.35. The fourth-order valence-electron chi connectivity index (χ4n) is 2.59. The number of hydrogen-bond donors (Lipinski definition) is 2. The smallest absolute Gasteiger partial charge is 0.288 e. The SMILES string of the molecule is COc1cc(C(=O)NNC(=O)c2c(C)nc3ccccn23)ccc1C. The molecule has 7 nitrogen and oxygen atoms in total. The summed E-state index contributed by atoms with van der Waals surface area (Å²) in [6.07, 6.45) is 1.75. The highest BCUT2D eigenvalue weighted by Gasteiger charge is 2.17. The minimum absolute atomic E-state index is 0.373. The second-order valence-corrected chi connectivity index (χ2v) is 5.57. The number of carbonyl (C=O) groups excluding carboxylic acids is 2. The van der Waals surface area contributed by atoms with Crippen LogP contribution in [0.5, 0.6) is 5.75 Å². The predicted octanol–water partition coefficient (Wildman–Crippen LogP) is 2.03. The Balaban J connectivity index is 1.75. The van der Waals surface area contributed by atoms with Crippen molar-refractivity contribution in [2.24, 2.45) is 0 Å². The normalized spacial score (nSPS) is 10.5. The highest BCUT2D eigenvalue weighted by molar-refractivity contribution is 5.99. The van der Waals surface area contributed by atoms with Gasteiger partial charge in [0.25, 0.3) is 11.8 Å². The molecule has 128 valence electrons. The zero-order chi connectivity index (χ0) is 18.0. The minimum atomic E-state index is -0.441. The van der Waals surface area contributed by atoms with E-state index in [1.807, 2.05) is 19.1 Å².